The number of nitrogen functional groups attached to an aromatic ring is 1. The molecule has 0 radical (unpaired) electrons. The van der Waals surface area contributed by atoms with Crippen molar-refractivity contribution >= 4 is 28.4 Å². The summed E-state index contributed by atoms with van der Waals surface area (Å²) in [5.41, 5.74) is 7.79. The fraction of sp³-hybridized carbons (Fsp3) is 0.133. The second kappa shape index (κ2) is 5.06. The Labute approximate surface area is 121 Å². The number of benzene rings is 2. The minimum atomic E-state index is -0.318. The molecule has 5 heteroatoms. The van der Waals surface area contributed by atoms with E-state index in [-0.39, 0.29) is 6.10 Å². The van der Waals surface area contributed by atoms with Crippen molar-refractivity contribution in [3.8, 4) is 5.75 Å². The molecular formula is C15H13ClN2O2. The molecule has 0 bridgehead atoms. The smallest absolute Gasteiger partial charge is 0.236 e. The van der Waals surface area contributed by atoms with E-state index in [0.717, 1.165) is 5.52 Å². The molecule has 0 saturated carbocycles. The Hall–Kier alpha value is -2.20. The van der Waals surface area contributed by atoms with Crippen LogP contribution in [0.5, 0.6) is 5.75 Å². The van der Waals surface area contributed by atoms with E-state index in [4.69, 9.17) is 26.5 Å². The number of ether oxygens (including phenoxy) is 1. The molecule has 0 saturated heterocycles. The predicted octanol–water partition coefficient (Wildman–Crippen LogP) is 4.20. The van der Waals surface area contributed by atoms with Crippen molar-refractivity contribution in [2.24, 2.45) is 0 Å². The zero-order valence-corrected chi connectivity index (χ0v) is 11.6. The van der Waals surface area contributed by atoms with Gasteiger partial charge in [0.15, 0.2) is 11.7 Å². The van der Waals surface area contributed by atoms with Crippen LogP contribution in [0.4, 0.5) is 5.69 Å². The first-order chi connectivity index (χ1) is 9.61. The molecule has 1 unspecified atom stereocenters. The van der Waals surface area contributed by atoms with Crippen molar-refractivity contribution in [2.45, 2.75) is 13.0 Å². The Kier molecular flexibility index (Phi) is 3.24. The van der Waals surface area contributed by atoms with E-state index in [2.05, 4.69) is 4.98 Å². The standard InChI is InChI=1S/C15H13ClN2O2/c1-9(19-12-4-2-3-10(16)7-12)15-18-13-8-11(17)5-6-14(13)20-15/h2-9H,17H2,1H3. The van der Waals surface area contributed by atoms with Crippen molar-refractivity contribution in [3.63, 3.8) is 0 Å². The number of aromatic nitrogens is 1. The van der Waals surface area contributed by atoms with Crippen molar-refractivity contribution in [2.75, 3.05) is 5.73 Å². The second-order valence-corrected chi connectivity index (χ2v) is 4.93. The number of fused-ring (bicyclic) bond motifs is 1. The van der Waals surface area contributed by atoms with E-state index in [1.54, 1.807) is 30.3 Å². The molecule has 0 aliphatic heterocycles. The highest BCUT2D eigenvalue weighted by Gasteiger charge is 2.15. The molecule has 20 heavy (non-hydrogen) atoms. The van der Waals surface area contributed by atoms with E-state index in [1.165, 1.54) is 0 Å². The molecule has 1 atom stereocenters. The van der Waals surface area contributed by atoms with Crippen LogP contribution in [-0.2, 0) is 0 Å². The third-order valence-corrected chi connectivity index (χ3v) is 3.12. The van der Waals surface area contributed by atoms with Gasteiger partial charge in [0.25, 0.3) is 0 Å². The Morgan fingerprint density at radius 1 is 1.25 bits per heavy atom. The van der Waals surface area contributed by atoms with Crippen LogP contribution in [0.15, 0.2) is 46.9 Å². The lowest BCUT2D eigenvalue weighted by Gasteiger charge is -2.11. The second-order valence-electron chi connectivity index (χ2n) is 4.50. The van der Waals surface area contributed by atoms with E-state index >= 15 is 0 Å². The maximum absolute atomic E-state index is 5.92. The zero-order chi connectivity index (χ0) is 14.1. The maximum atomic E-state index is 5.92. The number of oxazole rings is 1. The average Bonchev–Trinajstić information content (AvgIpc) is 2.81. The van der Waals surface area contributed by atoms with E-state index in [9.17, 15) is 0 Å². The van der Waals surface area contributed by atoms with E-state index in [0.29, 0.717) is 27.9 Å². The quantitative estimate of drug-likeness (QED) is 0.734. The Bertz CT molecular complexity index is 754. The summed E-state index contributed by atoms with van der Waals surface area (Å²) in [5, 5.41) is 0.625. The molecule has 0 aliphatic rings. The molecule has 4 nitrogen and oxygen atoms in total. The molecule has 0 spiro atoms. The molecule has 3 aromatic rings. The number of anilines is 1. The minimum absolute atomic E-state index is 0.318. The molecule has 3 rings (SSSR count). The summed E-state index contributed by atoms with van der Waals surface area (Å²) >= 11 is 5.92. The van der Waals surface area contributed by atoms with Gasteiger partial charge in [-0.05, 0) is 43.3 Å². The van der Waals surface area contributed by atoms with Crippen molar-refractivity contribution < 1.29 is 9.15 Å². The van der Waals surface area contributed by atoms with Gasteiger partial charge in [-0.25, -0.2) is 4.98 Å². The molecule has 2 N–H and O–H groups in total. The molecule has 2 aromatic carbocycles. The molecule has 0 aliphatic carbocycles. The average molecular weight is 289 g/mol. The van der Waals surface area contributed by atoms with Crippen molar-refractivity contribution in [1.82, 2.24) is 4.98 Å². The van der Waals surface area contributed by atoms with Crippen LogP contribution in [-0.4, -0.2) is 4.98 Å². The summed E-state index contributed by atoms with van der Waals surface area (Å²) in [7, 11) is 0. The van der Waals surface area contributed by atoms with Gasteiger partial charge in [0, 0.05) is 10.7 Å². The monoisotopic (exact) mass is 288 g/mol. The van der Waals surface area contributed by atoms with Gasteiger partial charge in [-0.3, -0.25) is 0 Å². The van der Waals surface area contributed by atoms with Crippen LogP contribution in [0, 0.1) is 0 Å². The largest absolute Gasteiger partial charge is 0.481 e. The number of nitrogens with zero attached hydrogens (tertiary/aromatic N) is 1. The molecular weight excluding hydrogens is 276 g/mol. The van der Waals surface area contributed by atoms with Crippen molar-refractivity contribution in [3.05, 3.63) is 53.4 Å². The Morgan fingerprint density at radius 3 is 2.90 bits per heavy atom. The number of hydrogen-bond acceptors (Lipinski definition) is 4. The van der Waals surface area contributed by atoms with Crippen LogP contribution in [0.25, 0.3) is 11.1 Å². The predicted molar refractivity (Wildman–Crippen MR) is 78.9 cm³/mol. The summed E-state index contributed by atoms with van der Waals surface area (Å²) in [6.45, 7) is 1.87. The molecule has 0 fully saturated rings. The Morgan fingerprint density at radius 2 is 2.10 bits per heavy atom. The third kappa shape index (κ3) is 2.56. The fourth-order valence-corrected chi connectivity index (χ4v) is 2.11. The highest BCUT2D eigenvalue weighted by molar-refractivity contribution is 6.30. The van der Waals surface area contributed by atoms with Crippen LogP contribution in [0.3, 0.4) is 0 Å². The zero-order valence-electron chi connectivity index (χ0n) is 10.8. The van der Waals surface area contributed by atoms with Gasteiger partial charge in [-0.15, -0.1) is 0 Å². The Balaban J connectivity index is 1.86. The van der Waals surface area contributed by atoms with Gasteiger partial charge in [-0.1, -0.05) is 17.7 Å². The lowest BCUT2D eigenvalue weighted by atomic mass is 10.3. The van der Waals surface area contributed by atoms with Gasteiger partial charge in [0.2, 0.25) is 5.89 Å². The van der Waals surface area contributed by atoms with Gasteiger partial charge in [-0.2, -0.15) is 0 Å². The van der Waals surface area contributed by atoms with Gasteiger partial charge < -0.3 is 14.9 Å². The van der Waals surface area contributed by atoms with Crippen LogP contribution in [0.1, 0.15) is 18.9 Å². The van der Waals surface area contributed by atoms with E-state index < -0.39 is 0 Å². The molecule has 1 aromatic heterocycles. The van der Waals surface area contributed by atoms with Gasteiger partial charge in [0.1, 0.15) is 11.3 Å². The molecule has 1 heterocycles. The first-order valence-corrected chi connectivity index (χ1v) is 6.58. The van der Waals surface area contributed by atoms with Gasteiger partial charge in [0.05, 0.1) is 0 Å². The van der Waals surface area contributed by atoms with Crippen LogP contribution < -0.4 is 10.5 Å². The lowest BCUT2D eigenvalue weighted by molar-refractivity contribution is 0.192. The summed E-state index contributed by atoms with van der Waals surface area (Å²) in [6, 6.07) is 12.6. The summed E-state index contributed by atoms with van der Waals surface area (Å²) in [4.78, 5) is 4.39. The minimum Gasteiger partial charge on any atom is -0.481 e. The number of halogens is 1. The van der Waals surface area contributed by atoms with Crippen LogP contribution >= 0.6 is 11.6 Å². The van der Waals surface area contributed by atoms with E-state index in [1.807, 2.05) is 19.1 Å². The number of nitrogens with two attached hydrogens (primary N) is 1. The normalized spacial score (nSPS) is 12.5. The number of rotatable bonds is 3. The van der Waals surface area contributed by atoms with Crippen molar-refractivity contribution in [1.29, 1.82) is 0 Å². The highest BCUT2D eigenvalue weighted by atomic mass is 35.5. The molecule has 102 valence electrons. The topological polar surface area (TPSA) is 61.3 Å². The first kappa shape index (κ1) is 12.8. The summed E-state index contributed by atoms with van der Waals surface area (Å²) in [5.74, 6) is 1.18. The highest BCUT2D eigenvalue weighted by Crippen LogP contribution is 2.26. The van der Waals surface area contributed by atoms with Gasteiger partial charge >= 0.3 is 0 Å². The summed E-state index contributed by atoms with van der Waals surface area (Å²) in [6.07, 6.45) is -0.318. The molecule has 0 amide bonds. The SMILES string of the molecule is CC(Oc1cccc(Cl)c1)c1nc2cc(N)ccc2o1. The third-order valence-electron chi connectivity index (χ3n) is 2.88. The number of hydrogen-bond donors (Lipinski definition) is 1. The van der Waals surface area contributed by atoms with Crippen LogP contribution in [0.2, 0.25) is 5.02 Å². The summed E-state index contributed by atoms with van der Waals surface area (Å²) < 4.78 is 11.4. The fourth-order valence-electron chi connectivity index (χ4n) is 1.93. The maximum Gasteiger partial charge on any atom is 0.236 e. The first-order valence-electron chi connectivity index (χ1n) is 6.20. The lowest BCUT2D eigenvalue weighted by Crippen LogP contribution is -2.03.